The fourth-order valence-corrected chi connectivity index (χ4v) is 1.14. The lowest BCUT2D eigenvalue weighted by Crippen LogP contribution is -1.80. The number of allylic oxidation sites excluding steroid dienone is 5. The van der Waals surface area contributed by atoms with Gasteiger partial charge in [-0.1, -0.05) is 6.08 Å². The molecular formula is C9H7+. The molecule has 0 radical (unpaired) electrons. The van der Waals surface area contributed by atoms with Gasteiger partial charge in [-0.2, -0.15) is 0 Å². The minimum atomic E-state index is 0.996. The van der Waals surface area contributed by atoms with Crippen molar-refractivity contribution in [2.45, 2.75) is 12.8 Å². The van der Waals surface area contributed by atoms with E-state index in [0.29, 0.717) is 0 Å². The molecule has 0 heteroatoms. The lowest BCUT2D eigenvalue weighted by Gasteiger charge is -1.89. The van der Waals surface area contributed by atoms with E-state index in [9.17, 15) is 0 Å². The molecule has 0 aromatic heterocycles. The van der Waals surface area contributed by atoms with Crippen LogP contribution < -0.4 is 0 Å². The van der Waals surface area contributed by atoms with Crippen LogP contribution in [0.2, 0.25) is 0 Å². The Bertz CT molecular complexity index is 245. The van der Waals surface area contributed by atoms with Crippen molar-refractivity contribution in [3.63, 3.8) is 0 Å². The van der Waals surface area contributed by atoms with E-state index in [1.54, 1.807) is 0 Å². The predicted molar refractivity (Wildman–Crippen MR) is 36.7 cm³/mol. The molecule has 9 heavy (non-hydrogen) atoms. The first-order valence-electron chi connectivity index (χ1n) is 3.18. The summed E-state index contributed by atoms with van der Waals surface area (Å²) in [7, 11) is 0. The van der Waals surface area contributed by atoms with Crippen LogP contribution in [0.1, 0.15) is 12.8 Å². The smallest absolute Gasteiger partial charge is 0.0522 e. The van der Waals surface area contributed by atoms with Gasteiger partial charge in [0.2, 0.25) is 0 Å². The van der Waals surface area contributed by atoms with Gasteiger partial charge in [-0.15, -0.1) is 0 Å². The quantitative estimate of drug-likeness (QED) is 0.335. The first-order valence-corrected chi connectivity index (χ1v) is 3.18. The summed E-state index contributed by atoms with van der Waals surface area (Å²) in [6.45, 7) is 0. The lowest BCUT2D eigenvalue weighted by atomic mass is 10.1. The molecular weight excluding hydrogens is 108 g/mol. The third kappa shape index (κ3) is 0.658. The van der Waals surface area contributed by atoms with Crippen molar-refractivity contribution in [3.8, 4) is 0 Å². The molecule has 0 aromatic rings. The Hall–Kier alpha value is -1.09. The molecule has 0 nitrogen and oxygen atoms in total. The zero-order valence-corrected chi connectivity index (χ0v) is 5.15. The van der Waals surface area contributed by atoms with Gasteiger partial charge in [-0.3, -0.25) is 0 Å². The highest BCUT2D eigenvalue weighted by Gasteiger charge is 2.19. The van der Waals surface area contributed by atoms with Gasteiger partial charge >= 0.3 is 0 Å². The van der Waals surface area contributed by atoms with Gasteiger partial charge in [0.25, 0.3) is 0 Å². The molecule has 2 aliphatic carbocycles. The van der Waals surface area contributed by atoms with E-state index in [-0.39, 0.29) is 0 Å². The topological polar surface area (TPSA) is 0 Å². The summed E-state index contributed by atoms with van der Waals surface area (Å²) in [6, 6.07) is 0. The van der Waals surface area contributed by atoms with Gasteiger partial charge in [-0.25, -0.2) is 0 Å². The second-order valence-electron chi connectivity index (χ2n) is 2.25. The highest BCUT2D eigenvalue weighted by Crippen LogP contribution is 2.24. The standard InChI is InChI=1S/C9H7/c1-2-5-9-7-3-6-8(9)4-1/h1,5-6H,2,7H2/q+1. The summed E-state index contributed by atoms with van der Waals surface area (Å²) in [5.74, 6) is 0. The Kier molecular flexibility index (Phi) is 0.899. The summed E-state index contributed by atoms with van der Waals surface area (Å²) in [4.78, 5) is 0. The average Bonchev–Trinajstić information content (AvgIpc) is 2.33. The molecule has 0 aromatic carbocycles. The Labute approximate surface area is 54.9 Å². The van der Waals surface area contributed by atoms with E-state index < -0.39 is 0 Å². The van der Waals surface area contributed by atoms with Crippen molar-refractivity contribution >= 4 is 0 Å². The summed E-state index contributed by atoms with van der Waals surface area (Å²) < 4.78 is 0. The molecule has 0 amide bonds. The van der Waals surface area contributed by atoms with Crippen LogP contribution in [-0.2, 0) is 0 Å². The van der Waals surface area contributed by atoms with Gasteiger partial charge in [0.05, 0.1) is 11.6 Å². The van der Waals surface area contributed by atoms with Crippen LogP contribution in [0.4, 0.5) is 0 Å². The van der Waals surface area contributed by atoms with Crippen LogP contribution in [-0.4, -0.2) is 0 Å². The van der Waals surface area contributed by atoms with E-state index >= 15 is 0 Å². The summed E-state index contributed by atoms with van der Waals surface area (Å²) in [6.07, 6.45) is 11.5. The molecule has 2 aliphatic rings. The Morgan fingerprint density at radius 3 is 3.44 bits per heavy atom. The molecule has 0 N–H and O–H groups in total. The number of hydrogen-bond donors (Lipinski definition) is 0. The van der Waals surface area contributed by atoms with Crippen LogP contribution in [0.3, 0.4) is 0 Å². The normalized spacial score (nSPS) is 20.4. The maximum atomic E-state index is 3.19. The molecule has 0 fully saturated rings. The van der Waals surface area contributed by atoms with Crippen molar-refractivity contribution in [3.05, 3.63) is 41.2 Å². The van der Waals surface area contributed by atoms with Crippen molar-refractivity contribution in [1.82, 2.24) is 0 Å². The Morgan fingerprint density at radius 1 is 1.56 bits per heavy atom. The SMILES string of the molecule is C1=CCC=C2C[C+]=CC=12. The predicted octanol–water partition coefficient (Wildman–Crippen LogP) is 2.16. The third-order valence-electron chi connectivity index (χ3n) is 1.62. The van der Waals surface area contributed by atoms with E-state index in [1.807, 2.05) is 6.08 Å². The monoisotopic (exact) mass is 115 g/mol. The maximum absolute atomic E-state index is 3.19. The fourth-order valence-electron chi connectivity index (χ4n) is 1.14. The van der Waals surface area contributed by atoms with Gasteiger partial charge in [0.15, 0.2) is 11.6 Å². The van der Waals surface area contributed by atoms with E-state index in [1.165, 1.54) is 11.1 Å². The lowest BCUT2D eigenvalue weighted by molar-refractivity contribution is 1.21. The molecule has 42 valence electrons. The first-order chi connectivity index (χ1) is 4.47. The van der Waals surface area contributed by atoms with Crippen molar-refractivity contribution in [1.29, 1.82) is 0 Å². The zero-order chi connectivity index (χ0) is 6.10. The highest BCUT2D eigenvalue weighted by atomic mass is 14.1. The third-order valence-corrected chi connectivity index (χ3v) is 1.62. The van der Waals surface area contributed by atoms with Gasteiger partial charge in [0, 0.05) is 0 Å². The molecule has 2 rings (SSSR count). The zero-order valence-electron chi connectivity index (χ0n) is 5.15. The van der Waals surface area contributed by atoms with E-state index in [2.05, 4.69) is 24.0 Å². The molecule has 0 bridgehead atoms. The van der Waals surface area contributed by atoms with Crippen LogP contribution in [0.25, 0.3) is 0 Å². The summed E-state index contributed by atoms with van der Waals surface area (Å²) >= 11 is 0. The summed E-state index contributed by atoms with van der Waals surface area (Å²) in [5.41, 5.74) is 5.82. The molecule has 0 aliphatic heterocycles. The average molecular weight is 115 g/mol. The largest absolute Gasteiger partial charge is 0.171 e. The summed E-state index contributed by atoms with van der Waals surface area (Å²) in [5, 5.41) is 0. The number of rotatable bonds is 0. The van der Waals surface area contributed by atoms with Crippen molar-refractivity contribution in [2.75, 3.05) is 0 Å². The molecule has 0 spiro atoms. The molecule has 0 atom stereocenters. The molecule has 0 saturated carbocycles. The van der Waals surface area contributed by atoms with Gasteiger partial charge in [-0.05, 0) is 18.2 Å². The Morgan fingerprint density at radius 2 is 2.56 bits per heavy atom. The molecule has 0 saturated heterocycles. The minimum absolute atomic E-state index is 0.996. The van der Waals surface area contributed by atoms with Crippen molar-refractivity contribution in [2.24, 2.45) is 0 Å². The van der Waals surface area contributed by atoms with Crippen LogP contribution >= 0.6 is 0 Å². The van der Waals surface area contributed by atoms with Crippen molar-refractivity contribution < 1.29 is 0 Å². The van der Waals surface area contributed by atoms with Crippen LogP contribution in [0.5, 0.6) is 0 Å². The second-order valence-corrected chi connectivity index (χ2v) is 2.25. The van der Waals surface area contributed by atoms with E-state index in [0.717, 1.165) is 12.8 Å². The first kappa shape index (κ1) is 4.76. The van der Waals surface area contributed by atoms with Gasteiger partial charge in [0.1, 0.15) is 6.42 Å². The molecule has 0 heterocycles. The highest BCUT2D eigenvalue weighted by molar-refractivity contribution is 5.45. The Balaban J connectivity index is 2.55. The second kappa shape index (κ2) is 1.70. The number of fused-ring (bicyclic) bond motifs is 1. The van der Waals surface area contributed by atoms with Gasteiger partial charge < -0.3 is 0 Å². The van der Waals surface area contributed by atoms with E-state index in [4.69, 9.17) is 0 Å². The van der Waals surface area contributed by atoms with Crippen LogP contribution in [0.15, 0.2) is 35.1 Å². The maximum Gasteiger partial charge on any atom is 0.171 e. The minimum Gasteiger partial charge on any atom is -0.0522 e. The van der Waals surface area contributed by atoms with Crippen LogP contribution in [0, 0.1) is 6.08 Å². The molecule has 0 unspecified atom stereocenters. The number of hydrogen-bond acceptors (Lipinski definition) is 0. The fraction of sp³-hybridized carbons (Fsp3) is 0.222.